The lowest BCUT2D eigenvalue weighted by Crippen LogP contribution is -2.19. The van der Waals surface area contributed by atoms with E-state index in [1.165, 1.54) is 6.42 Å². The van der Waals surface area contributed by atoms with Crippen LogP contribution in [0, 0.1) is 12.8 Å². The van der Waals surface area contributed by atoms with Crippen molar-refractivity contribution < 1.29 is 4.52 Å². The third-order valence-electron chi connectivity index (χ3n) is 2.19. The summed E-state index contributed by atoms with van der Waals surface area (Å²) in [5, 5.41) is 3.86. The largest absolute Gasteiger partial charge is 0.360 e. The molecule has 14 heavy (non-hydrogen) atoms. The molecule has 0 aliphatic rings. The van der Waals surface area contributed by atoms with Gasteiger partial charge in [0.05, 0.1) is 12.2 Å². The van der Waals surface area contributed by atoms with Gasteiger partial charge in [0.2, 0.25) is 0 Å². The van der Waals surface area contributed by atoms with Crippen LogP contribution in [0.1, 0.15) is 31.7 Å². The van der Waals surface area contributed by atoms with Crippen LogP contribution >= 0.6 is 0 Å². The van der Waals surface area contributed by atoms with Crippen LogP contribution < -0.4 is 0 Å². The molecule has 0 radical (unpaired) electrons. The fraction of sp³-hybridized carbons (Fsp3) is 0.727. The molecule has 0 spiro atoms. The van der Waals surface area contributed by atoms with Crippen molar-refractivity contribution in [1.82, 2.24) is 10.1 Å². The van der Waals surface area contributed by atoms with Crippen LogP contribution in [0.25, 0.3) is 0 Å². The molecule has 0 saturated heterocycles. The molecule has 1 aromatic heterocycles. The van der Waals surface area contributed by atoms with Gasteiger partial charge in [0.1, 0.15) is 0 Å². The van der Waals surface area contributed by atoms with Crippen LogP contribution in [0.15, 0.2) is 10.6 Å². The molecule has 0 saturated carbocycles. The average molecular weight is 196 g/mol. The van der Waals surface area contributed by atoms with Crippen LogP contribution in [-0.2, 0) is 6.54 Å². The fourth-order valence-electron chi connectivity index (χ4n) is 1.31. The zero-order valence-electron chi connectivity index (χ0n) is 9.58. The van der Waals surface area contributed by atoms with E-state index in [0.717, 1.165) is 30.5 Å². The van der Waals surface area contributed by atoms with Gasteiger partial charge in [-0.15, -0.1) is 0 Å². The lowest BCUT2D eigenvalue weighted by atomic mass is 10.1. The molecule has 1 rings (SSSR count). The van der Waals surface area contributed by atoms with Crippen molar-refractivity contribution in [3.8, 4) is 0 Å². The number of hydrogen-bond acceptors (Lipinski definition) is 3. The van der Waals surface area contributed by atoms with Crippen molar-refractivity contribution >= 4 is 0 Å². The molecular weight excluding hydrogens is 176 g/mol. The third kappa shape index (κ3) is 3.92. The van der Waals surface area contributed by atoms with Gasteiger partial charge in [-0.25, -0.2) is 0 Å². The molecule has 80 valence electrons. The topological polar surface area (TPSA) is 29.3 Å². The monoisotopic (exact) mass is 196 g/mol. The van der Waals surface area contributed by atoms with Gasteiger partial charge in [0, 0.05) is 6.07 Å². The number of rotatable bonds is 5. The van der Waals surface area contributed by atoms with Crippen LogP contribution in [-0.4, -0.2) is 23.6 Å². The highest BCUT2D eigenvalue weighted by Crippen LogP contribution is 2.07. The summed E-state index contributed by atoms with van der Waals surface area (Å²) in [6.45, 7) is 8.39. The first-order valence-electron chi connectivity index (χ1n) is 5.18. The van der Waals surface area contributed by atoms with E-state index in [4.69, 9.17) is 4.52 Å². The Kier molecular flexibility index (Phi) is 4.14. The first-order valence-corrected chi connectivity index (χ1v) is 5.18. The van der Waals surface area contributed by atoms with E-state index >= 15 is 0 Å². The maximum Gasteiger partial charge on any atom is 0.150 e. The molecule has 0 atom stereocenters. The molecule has 0 fully saturated rings. The van der Waals surface area contributed by atoms with Crippen molar-refractivity contribution in [2.75, 3.05) is 13.6 Å². The predicted molar refractivity (Wildman–Crippen MR) is 57.0 cm³/mol. The standard InChI is InChI=1S/C11H20N2O/c1-9(2)5-6-13(4)8-11-7-10(3)12-14-11/h7,9H,5-6,8H2,1-4H3. The van der Waals surface area contributed by atoms with E-state index < -0.39 is 0 Å². The molecular formula is C11H20N2O. The van der Waals surface area contributed by atoms with Gasteiger partial charge < -0.3 is 4.52 Å². The molecule has 3 heteroatoms. The van der Waals surface area contributed by atoms with E-state index in [2.05, 4.69) is 31.0 Å². The molecule has 0 aromatic carbocycles. The predicted octanol–water partition coefficient (Wildman–Crippen LogP) is 2.46. The van der Waals surface area contributed by atoms with Crippen molar-refractivity contribution in [3.63, 3.8) is 0 Å². The summed E-state index contributed by atoms with van der Waals surface area (Å²) in [5.41, 5.74) is 0.956. The van der Waals surface area contributed by atoms with Gasteiger partial charge in [-0.1, -0.05) is 19.0 Å². The van der Waals surface area contributed by atoms with E-state index in [1.807, 2.05) is 13.0 Å². The summed E-state index contributed by atoms with van der Waals surface area (Å²) in [6.07, 6.45) is 1.23. The summed E-state index contributed by atoms with van der Waals surface area (Å²) in [4.78, 5) is 2.26. The highest BCUT2D eigenvalue weighted by atomic mass is 16.5. The van der Waals surface area contributed by atoms with E-state index in [9.17, 15) is 0 Å². The van der Waals surface area contributed by atoms with Crippen molar-refractivity contribution in [2.45, 2.75) is 33.7 Å². The molecule has 0 N–H and O–H groups in total. The second kappa shape index (κ2) is 5.15. The Morgan fingerprint density at radius 3 is 2.71 bits per heavy atom. The summed E-state index contributed by atoms with van der Waals surface area (Å²) < 4.78 is 5.15. The van der Waals surface area contributed by atoms with Crippen LogP contribution in [0.4, 0.5) is 0 Å². The summed E-state index contributed by atoms with van der Waals surface area (Å²) in [7, 11) is 2.11. The number of nitrogens with zero attached hydrogens (tertiary/aromatic N) is 2. The number of aromatic nitrogens is 1. The van der Waals surface area contributed by atoms with Gasteiger partial charge in [-0.05, 0) is 32.9 Å². The SMILES string of the molecule is Cc1cc(CN(C)CCC(C)C)on1. The second-order valence-corrected chi connectivity index (χ2v) is 4.35. The Morgan fingerprint density at radius 1 is 1.50 bits per heavy atom. The molecule has 0 bridgehead atoms. The Balaban J connectivity index is 2.30. The lowest BCUT2D eigenvalue weighted by molar-refractivity contribution is 0.260. The van der Waals surface area contributed by atoms with Crippen molar-refractivity contribution in [1.29, 1.82) is 0 Å². The molecule has 0 aliphatic carbocycles. The smallest absolute Gasteiger partial charge is 0.150 e. The van der Waals surface area contributed by atoms with Gasteiger partial charge in [-0.2, -0.15) is 0 Å². The minimum Gasteiger partial charge on any atom is -0.360 e. The number of aryl methyl sites for hydroxylation is 1. The quantitative estimate of drug-likeness (QED) is 0.724. The molecule has 0 aliphatic heterocycles. The van der Waals surface area contributed by atoms with Gasteiger partial charge >= 0.3 is 0 Å². The van der Waals surface area contributed by atoms with Crippen LogP contribution in [0.3, 0.4) is 0 Å². The zero-order chi connectivity index (χ0) is 10.6. The fourth-order valence-corrected chi connectivity index (χ4v) is 1.31. The molecule has 0 amide bonds. The highest BCUT2D eigenvalue weighted by molar-refractivity contribution is 5.02. The second-order valence-electron chi connectivity index (χ2n) is 4.35. The minimum absolute atomic E-state index is 0.758. The van der Waals surface area contributed by atoms with Crippen molar-refractivity contribution in [2.24, 2.45) is 5.92 Å². The Morgan fingerprint density at radius 2 is 2.21 bits per heavy atom. The van der Waals surface area contributed by atoms with E-state index in [1.54, 1.807) is 0 Å². The van der Waals surface area contributed by atoms with Crippen LogP contribution in [0.5, 0.6) is 0 Å². The summed E-state index contributed by atoms with van der Waals surface area (Å²) in [5.74, 6) is 1.71. The van der Waals surface area contributed by atoms with Gasteiger partial charge in [0.25, 0.3) is 0 Å². The highest BCUT2D eigenvalue weighted by Gasteiger charge is 2.05. The first kappa shape index (κ1) is 11.2. The first-order chi connectivity index (χ1) is 6.58. The molecule has 1 heterocycles. The Bertz CT molecular complexity index is 268. The zero-order valence-corrected chi connectivity index (χ0v) is 9.58. The average Bonchev–Trinajstić information content (AvgIpc) is 2.48. The Labute approximate surface area is 86.1 Å². The minimum atomic E-state index is 0.758. The third-order valence-corrected chi connectivity index (χ3v) is 2.19. The number of hydrogen-bond donors (Lipinski definition) is 0. The maximum atomic E-state index is 5.15. The normalized spacial score (nSPS) is 11.6. The lowest BCUT2D eigenvalue weighted by Gasteiger charge is -2.15. The molecule has 3 nitrogen and oxygen atoms in total. The van der Waals surface area contributed by atoms with Crippen molar-refractivity contribution in [3.05, 3.63) is 17.5 Å². The Hall–Kier alpha value is -0.830. The molecule has 1 aromatic rings. The summed E-state index contributed by atoms with van der Waals surface area (Å²) in [6, 6.07) is 1.99. The maximum absolute atomic E-state index is 5.15. The van der Waals surface area contributed by atoms with Gasteiger partial charge in [0.15, 0.2) is 5.76 Å². The summed E-state index contributed by atoms with van der Waals surface area (Å²) >= 11 is 0. The molecule has 0 unspecified atom stereocenters. The van der Waals surface area contributed by atoms with E-state index in [-0.39, 0.29) is 0 Å². The van der Waals surface area contributed by atoms with Gasteiger partial charge in [-0.3, -0.25) is 4.90 Å². The van der Waals surface area contributed by atoms with E-state index in [0.29, 0.717) is 0 Å². The van der Waals surface area contributed by atoms with Crippen LogP contribution in [0.2, 0.25) is 0 Å².